The summed E-state index contributed by atoms with van der Waals surface area (Å²) < 4.78 is 29.2. The molecule has 0 bridgehead atoms. The minimum atomic E-state index is -2.92. The van der Waals surface area contributed by atoms with Gasteiger partial charge < -0.3 is 15.8 Å². The monoisotopic (exact) mass is 320 g/mol. The molecule has 0 aromatic heterocycles. The van der Waals surface area contributed by atoms with Crippen LogP contribution in [0.2, 0.25) is 0 Å². The predicted octanol–water partition coefficient (Wildman–Crippen LogP) is 3.08. The topological polar surface area (TPSA) is 64.3 Å². The molecule has 2 rings (SSSR count). The van der Waals surface area contributed by atoms with Crippen LogP contribution in [0.15, 0.2) is 18.2 Å². The number of hydrogen-bond donors (Lipinski definition) is 2. The van der Waals surface area contributed by atoms with Crippen molar-refractivity contribution in [3.8, 4) is 5.75 Å². The van der Waals surface area contributed by atoms with Gasteiger partial charge in [0.25, 0.3) is 0 Å². The summed E-state index contributed by atoms with van der Waals surface area (Å²) in [4.78, 5) is 12.1. The molecule has 0 heterocycles. The normalized spacial score (nSPS) is 21.0. The number of hydrogen-bond acceptors (Lipinski definition) is 3. The number of carbonyl (C=O) groups is 1. The van der Waals surface area contributed by atoms with E-state index in [1.165, 1.54) is 6.07 Å². The molecule has 0 saturated heterocycles. The van der Waals surface area contributed by atoms with Gasteiger partial charge in [-0.2, -0.15) is 8.78 Å². The maximum absolute atomic E-state index is 12.4. The molecule has 118 valence electrons. The van der Waals surface area contributed by atoms with Gasteiger partial charge in [0.1, 0.15) is 5.75 Å². The quantitative estimate of drug-likeness (QED) is 0.896. The van der Waals surface area contributed by atoms with E-state index in [9.17, 15) is 13.6 Å². The van der Waals surface area contributed by atoms with E-state index in [0.29, 0.717) is 17.7 Å². The summed E-state index contributed by atoms with van der Waals surface area (Å²) in [6, 6.07) is 4.79. The van der Waals surface area contributed by atoms with Crippen molar-refractivity contribution in [1.82, 2.24) is 0 Å². The van der Waals surface area contributed by atoms with Gasteiger partial charge in [-0.05, 0) is 37.8 Å². The maximum Gasteiger partial charge on any atom is 0.387 e. The van der Waals surface area contributed by atoms with Crippen LogP contribution in [0, 0.1) is 12.8 Å². The standard InChI is InChI=1S/C14H18F2N2O2.ClH/c1-8-3-2-4-11(20-14(15)16)12(8)18-13(19)9-5-6-10(17)7-9;/h2-4,9-10,14H,5-7,17H2,1H3,(H,18,19);1H. The summed E-state index contributed by atoms with van der Waals surface area (Å²) in [7, 11) is 0. The Morgan fingerprint density at radius 1 is 1.43 bits per heavy atom. The lowest BCUT2D eigenvalue weighted by molar-refractivity contribution is -0.119. The molecule has 21 heavy (non-hydrogen) atoms. The van der Waals surface area contributed by atoms with Crippen LogP contribution >= 0.6 is 12.4 Å². The zero-order valence-corrected chi connectivity index (χ0v) is 12.5. The Balaban J connectivity index is 0.00000220. The molecule has 1 aliphatic carbocycles. The van der Waals surface area contributed by atoms with E-state index in [-0.39, 0.29) is 36.0 Å². The number of para-hydroxylation sites is 1. The lowest BCUT2D eigenvalue weighted by atomic mass is 10.1. The largest absolute Gasteiger partial charge is 0.433 e. The number of ether oxygens (including phenoxy) is 1. The number of amides is 1. The number of rotatable bonds is 4. The van der Waals surface area contributed by atoms with Gasteiger partial charge in [-0.1, -0.05) is 12.1 Å². The summed E-state index contributed by atoms with van der Waals surface area (Å²) in [6.45, 7) is -1.19. The Morgan fingerprint density at radius 2 is 2.14 bits per heavy atom. The van der Waals surface area contributed by atoms with Crippen molar-refractivity contribution in [2.45, 2.75) is 38.8 Å². The lowest BCUT2D eigenvalue weighted by Gasteiger charge is -2.16. The molecular formula is C14H19ClF2N2O2. The van der Waals surface area contributed by atoms with E-state index in [4.69, 9.17) is 5.73 Å². The molecule has 0 radical (unpaired) electrons. The van der Waals surface area contributed by atoms with Crippen LogP contribution in [0.3, 0.4) is 0 Å². The fraction of sp³-hybridized carbons (Fsp3) is 0.500. The van der Waals surface area contributed by atoms with Gasteiger partial charge in [-0.25, -0.2) is 0 Å². The van der Waals surface area contributed by atoms with Crippen LogP contribution in [0.25, 0.3) is 0 Å². The number of alkyl halides is 2. The van der Waals surface area contributed by atoms with E-state index < -0.39 is 6.61 Å². The van der Waals surface area contributed by atoms with Gasteiger partial charge in [0.15, 0.2) is 0 Å². The van der Waals surface area contributed by atoms with E-state index in [1.54, 1.807) is 19.1 Å². The zero-order valence-electron chi connectivity index (χ0n) is 11.6. The zero-order chi connectivity index (χ0) is 14.7. The van der Waals surface area contributed by atoms with Crippen LogP contribution in [0.4, 0.5) is 14.5 Å². The third-order valence-electron chi connectivity index (χ3n) is 3.54. The SMILES string of the molecule is Cc1cccc(OC(F)F)c1NC(=O)C1CCC(N)C1.Cl. The average molecular weight is 321 g/mol. The van der Waals surface area contributed by atoms with Crippen LogP contribution in [0.5, 0.6) is 5.75 Å². The molecule has 0 aliphatic heterocycles. The van der Waals surface area contributed by atoms with Crippen molar-refractivity contribution in [2.24, 2.45) is 11.7 Å². The number of anilines is 1. The van der Waals surface area contributed by atoms with Crippen molar-refractivity contribution in [1.29, 1.82) is 0 Å². The molecule has 1 aromatic carbocycles. The second kappa shape index (κ2) is 7.56. The smallest absolute Gasteiger partial charge is 0.387 e. The minimum absolute atomic E-state index is 0. The molecular weight excluding hydrogens is 302 g/mol. The molecule has 2 atom stereocenters. The van der Waals surface area contributed by atoms with Crippen molar-refractivity contribution in [2.75, 3.05) is 5.32 Å². The Morgan fingerprint density at radius 3 is 2.71 bits per heavy atom. The van der Waals surface area contributed by atoms with Gasteiger partial charge >= 0.3 is 6.61 Å². The highest BCUT2D eigenvalue weighted by Gasteiger charge is 2.28. The molecule has 0 spiro atoms. The van der Waals surface area contributed by atoms with E-state index in [2.05, 4.69) is 10.1 Å². The molecule has 4 nitrogen and oxygen atoms in total. The first-order valence-corrected chi connectivity index (χ1v) is 6.58. The fourth-order valence-electron chi connectivity index (χ4n) is 2.48. The van der Waals surface area contributed by atoms with Gasteiger partial charge in [-0.3, -0.25) is 4.79 Å². The van der Waals surface area contributed by atoms with Gasteiger partial charge in [-0.15, -0.1) is 12.4 Å². The summed E-state index contributed by atoms with van der Waals surface area (Å²) in [5, 5.41) is 2.69. The van der Waals surface area contributed by atoms with Gasteiger partial charge in [0.05, 0.1) is 5.69 Å². The Kier molecular flexibility index (Phi) is 6.36. The highest BCUT2D eigenvalue weighted by atomic mass is 35.5. The minimum Gasteiger partial charge on any atom is -0.433 e. The van der Waals surface area contributed by atoms with Gasteiger partial charge in [0, 0.05) is 12.0 Å². The van der Waals surface area contributed by atoms with Crippen LogP contribution < -0.4 is 15.8 Å². The summed E-state index contributed by atoms with van der Waals surface area (Å²) in [6.07, 6.45) is 2.17. The van der Waals surface area contributed by atoms with Crippen molar-refractivity contribution in [3.05, 3.63) is 23.8 Å². The lowest BCUT2D eigenvalue weighted by Crippen LogP contribution is -2.24. The first-order valence-electron chi connectivity index (χ1n) is 6.58. The van der Waals surface area contributed by atoms with Crippen molar-refractivity contribution in [3.63, 3.8) is 0 Å². The molecule has 1 aliphatic rings. The number of nitrogens with two attached hydrogens (primary N) is 1. The third kappa shape index (κ3) is 4.54. The first-order chi connectivity index (χ1) is 9.47. The molecule has 1 aromatic rings. The van der Waals surface area contributed by atoms with E-state index in [1.807, 2.05) is 0 Å². The Labute approximate surface area is 128 Å². The van der Waals surface area contributed by atoms with E-state index in [0.717, 1.165) is 12.8 Å². The first kappa shape index (κ1) is 17.7. The van der Waals surface area contributed by atoms with Crippen LogP contribution in [-0.4, -0.2) is 18.6 Å². The number of aryl methyl sites for hydroxylation is 1. The average Bonchev–Trinajstić information content (AvgIpc) is 2.79. The van der Waals surface area contributed by atoms with E-state index >= 15 is 0 Å². The number of halogens is 3. The Bertz CT molecular complexity index is 500. The van der Waals surface area contributed by atoms with Crippen molar-refractivity contribution >= 4 is 24.0 Å². The second-order valence-electron chi connectivity index (χ2n) is 5.09. The van der Waals surface area contributed by atoms with Crippen molar-refractivity contribution < 1.29 is 18.3 Å². The van der Waals surface area contributed by atoms with Gasteiger partial charge in [0.2, 0.25) is 5.91 Å². The summed E-state index contributed by atoms with van der Waals surface area (Å²) in [5.74, 6) is -0.369. The third-order valence-corrected chi connectivity index (χ3v) is 3.54. The summed E-state index contributed by atoms with van der Waals surface area (Å²) >= 11 is 0. The summed E-state index contributed by atoms with van der Waals surface area (Å²) in [5.41, 5.74) is 6.76. The number of nitrogens with one attached hydrogen (secondary N) is 1. The molecule has 7 heteroatoms. The molecule has 2 unspecified atom stereocenters. The molecule has 3 N–H and O–H groups in total. The number of carbonyl (C=O) groups excluding carboxylic acids is 1. The highest BCUT2D eigenvalue weighted by molar-refractivity contribution is 5.95. The molecule has 1 saturated carbocycles. The highest BCUT2D eigenvalue weighted by Crippen LogP contribution is 2.32. The predicted molar refractivity (Wildman–Crippen MR) is 79.0 cm³/mol. The molecule has 1 fully saturated rings. The van der Waals surface area contributed by atoms with Crippen LogP contribution in [-0.2, 0) is 4.79 Å². The number of benzene rings is 1. The fourth-order valence-corrected chi connectivity index (χ4v) is 2.48. The maximum atomic E-state index is 12.4. The second-order valence-corrected chi connectivity index (χ2v) is 5.09. The Hall–Kier alpha value is -1.40. The molecule has 1 amide bonds. The van der Waals surface area contributed by atoms with Crippen LogP contribution in [0.1, 0.15) is 24.8 Å².